The maximum atomic E-state index is 3.93. The van der Waals surface area contributed by atoms with Gasteiger partial charge in [0.15, 0.2) is 0 Å². The van der Waals surface area contributed by atoms with Crippen molar-refractivity contribution in [3.8, 4) is 0 Å². The molecule has 2 nitrogen and oxygen atoms in total. The molecule has 0 aromatic heterocycles. The first-order valence-electron chi connectivity index (χ1n) is 7.96. The molecule has 1 N–H and O–H groups in total. The van der Waals surface area contributed by atoms with E-state index in [0.717, 1.165) is 18.0 Å². The van der Waals surface area contributed by atoms with Crippen LogP contribution in [0.2, 0.25) is 0 Å². The SMILES string of the molecule is CC1CCCC(NC2CCN(C(C)(C)C)CC2)C1. The molecule has 106 valence electrons. The number of piperidine rings is 1. The standard InChI is InChI=1S/C16H32N2/c1-13-6-5-7-15(12-13)17-14-8-10-18(11-9-14)16(2,3)4/h13-15,17H,5-12H2,1-4H3. The summed E-state index contributed by atoms with van der Waals surface area (Å²) in [5, 5.41) is 3.93. The molecule has 0 bridgehead atoms. The van der Waals surface area contributed by atoms with Gasteiger partial charge in [-0.2, -0.15) is 0 Å². The minimum Gasteiger partial charge on any atom is -0.311 e. The second-order valence-corrected chi connectivity index (χ2v) is 7.57. The van der Waals surface area contributed by atoms with Crippen molar-refractivity contribution in [1.29, 1.82) is 0 Å². The normalized spacial score (nSPS) is 32.7. The molecule has 1 aliphatic heterocycles. The predicted molar refractivity (Wildman–Crippen MR) is 78.9 cm³/mol. The van der Waals surface area contributed by atoms with Crippen LogP contribution < -0.4 is 5.32 Å². The van der Waals surface area contributed by atoms with Gasteiger partial charge in [0.05, 0.1) is 0 Å². The number of hydrogen-bond donors (Lipinski definition) is 1. The molecule has 2 atom stereocenters. The first kappa shape index (κ1) is 14.3. The Morgan fingerprint density at radius 2 is 1.61 bits per heavy atom. The van der Waals surface area contributed by atoms with Crippen LogP contribution in [0.5, 0.6) is 0 Å². The molecule has 1 heterocycles. The van der Waals surface area contributed by atoms with E-state index in [1.165, 1.54) is 51.6 Å². The van der Waals surface area contributed by atoms with Gasteiger partial charge in [0.25, 0.3) is 0 Å². The maximum Gasteiger partial charge on any atom is 0.0125 e. The Morgan fingerprint density at radius 1 is 0.944 bits per heavy atom. The zero-order chi connectivity index (χ0) is 13.2. The van der Waals surface area contributed by atoms with E-state index in [1.54, 1.807) is 0 Å². The van der Waals surface area contributed by atoms with Gasteiger partial charge in [0, 0.05) is 30.7 Å². The second kappa shape index (κ2) is 5.92. The Hall–Kier alpha value is -0.0800. The van der Waals surface area contributed by atoms with Crippen LogP contribution >= 0.6 is 0 Å². The van der Waals surface area contributed by atoms with E-state index in [1.807, 2.05) is 0 Å². The summed E-state index contributed by atoms with van der Waals surface area (Å²) >= 11 is 0. The monoisotopic (exact) mass is 252 g/mol. The fourth-order valence-electron chi connectivity index (χ4n) is 3.64. The molecule has 0 aromatic carbocycles. The summed E-state index contributed by atoms with van der Waals surface area (Å²) in [5.41, 5.74) is 0.352. The average Bonchev–Trinajstić information content (AvgIpc) is 2.28. The molecule has 0 radical (unpaired) electrons. The van der Waals surface area contributed by atoms with Crippen LogP contribution in [0.15, 0.2) is 0 Å². The summed E-state index contributed by atoms with van der Waals surface area (Å²) in [4.78, 5) is 2.63. The lowest BCUT2D eigenvalue weighted by molar-refractivity contribution is 0.0911. The van der Waals surface area contributed by atoms with Crippen molar-refractivity contribution < 1.29 is 0 Å². The van der Waals surface area contributed by atoms with Crippen LogP contribution in [0.1, 0.15) is 66.2 Å². The molecule has 18 heavy (non-hydrogen) atoms. The molecule has 2 heteroatoms. The highest BCUT2D eigenvalue weighted by Crippen LogP contribution is 2.26. The highest BCUT2D eigenvalue weighted by molar-refractivity contribution is 4.87. The lowest BCUT2D eigenvalue weighted by atomic mass is 9.86. The predicted octanol–water partition coefficient (Wildman–Crippen LogP) is 3.42. The summed E-state index contributed by atoms with van der Waals surface area (Å²) < 4.78 is 0. The fraction of sp³-hybridized carbons (Fsp3) is 1.00. The smallest absolute Gasteiger partial charge is 0.0125 e. The minimum atomic E-state index is 0.352. The second-order valence-electron chi connectivity index (χ2n) is 7.57. The van der Waals surface area contributed by atoms with Crippen molar-refractivity contribution >= 4 is 0 Å². The summed E-state index contributed by atoms with van der Waals surface area (Å²) in [6.07, 6.45) is 8.36. The Labute approximate surface area is 114 Å². The molecule has 2 fully saturated rings. The van der Waals surface area contributed by atoms with Crippen molar-refractivity contribution in [2.45, 2.75) is 83.8 Å². The first-order chi connectivity index (χ1) is 8.45. The van der Waals surface area contributed by atoms with Crippen molar-refractivity contribution in [3.63, 3.8) is 0 Å². The average molecular weight is 252 g/mol. The number of hydrogen-bond acceptors (Lipinski definition) is 2. The third-order valence-electron chi connectivity index (χ3n) is 4.85. The Morgan fingerprint density at radius 3 is 2.17 bits per heavy atom. The molecule has 1 aliphatic carbocycles. The largest absolute Gasteiger partial charge is 0.311 e. The molecule has 2 aliphatic rings. The number of nitrogens with zero attached hydrogens (tertiary/aromatic N) is 1. The van der Waals surface area contributed by atoms with E-state index >= 15 is 0 Å². The van der Waals surface area contributed by atoms with Gasteiger partial charge in [-0.3, -0.25) is 4.90 Å². The van der Waals surface area contributed by atoms with E-state index in [-0.39, 0.29) is 0 Å². The van der Waals surface area contributed by atoms with Crippen LogP contribution in [-0.2, 0) is 0 Å². The highest BCUT2D eigenvalue weighted by Gasteiger charge is 2.28. The van der Waals surface area contributed by atoms with Gasteiger partial charge >= 0.3 is 0 Å². The summed E-state index contributed by atoms with van der Waals surface area (Å²) in [7, 11) is 0. The summed E-state index contributed by atoms with van der Waals surface area (Å²) in [6.45, 7) is 12.0. The third kappa shape index (κ3) is 3.96. The van der Waals surface area contributed by atoms with Gasteiger partial charge in [-0.05, 0) is 52.4 Å². The van der Waals surface area contributed by atoms with Crippen molar-refractivity contribution in [1.82, 2.24) is 10.2 Å². The van der Waals surface area contributed by atoms with E-state index in [2.05, 4.69) is 37.9 Å². The molecule has 1 saturated carbocycles. The summed E-state index contributed by atoms with van der Waals surface area (Å²) in [5.74, 6) is 0.936. The third-order valence-corrected chi connectivity index (χ3v) is 4.85. The number of nitrogens with one attached hydrogen (secondary N) is 1. The van der Waals surface area contributed by atoms with Crippen molar-refractivity contribution in [2.24, 2.45) is 5.92 Å². The quantitative estimate of drug-likeness (QED) is 0.810. The van der Waals surface area contributed by atoms with Gasteiger partial charge < -0.3 is 5.32 Å². The zero-order valence-corrected chi connectivity index (χ0v) is 12.8. The van der Waals surface area contributed by atoms with E-state index in [0.29, 0.717) is 5.54 Å². The Bertz CT molecular complexity index is 248. The molecule has 0 aromatic rings. The molecule has 2 unspecified atom stereocenters. The molecule has 1 saturated heterocycles. The Kier molecular flexibility index (Phi) is 4.71. The van der Waals surface area contributed by atoms with E-state index < -0.39 is 0 Å². The number of likely N-dealkylation sites (tertiary alicyclic amines) is 1. The minimum absolute atomic E-state index is 0.352. The Balaban J connectivity index is 1.73. The zero-order valence-electron chi connectivity index (χ0n) is 12.8. The molecule has 0 spiro atoms. The van der Waals surface area contributed by atoms with Crippen LogP contribution in [-0.4, -0.2) is 35.6 Å². The van der Waals surface area contributed by atoms with Gasteiger partial charge in [-0.1, -0.05) is 19.8 Å². The lowest BCUT2D eigenvalue weighted by Crippen LogP contribution is -2.52. The van der Waals surface area contributed by atoms with Gasteiger partial charge in [-0.15, -0.1) is 0 Å². The lowest BCUT2D eigenvalue weighted by Gasteiger charge is -2.42. The van der Waals surface area contributed by atoms with Crippen LogP contribution in [0.3, 0.4) is 0 Å². The van der Waals surface area contributed by atoms with Gasteiger partial charge in [-0.25, -0.2) is 0 Å². The first-order valence-corrected chi connectivity index (χ1v) is 7.96. The molecule has 2 rings (SSSR count). The highest BCUT2D eigenvalue weighted by atomic mass is 15.2. The maximum absolute atomic E-state index is 3.93. The number of rotatable bonds is 2. The van der Waals surface area contributed by atoms with E-state index in [9.17, 15) is 0 Å². The topological polar surface area (TPSA) is 15.3 Å². The van der Waals surface area contributed by atoms with Gasteiger partial charge in [0.1, 0.15) is 0 Å². The van der Waals surface area contributed by atoms with Crippen molar-refractivity contribution in [2.75, 3.05) is 13.1 Å². The molecular weight excluding hydrogens is 220 g/mol. The van der Waals surface area contributed by atoms with Gasteiger partial charge in [0.2, 0.25) is 0 Å². The fourth-order valence-corrected chi connectivity index (χ4v) is 3.64. The van der Waals surface area contributed by atoms with Crippen LogP contribution in [0.25, 0.3) is 0 Å². The van der Waals surface area contributed by atoms with Crippen molar-refractivity contribution in [3.05, 3.63) is 0 Å². The molecule has 0 amide bonds. The van der Waals surface area contributed by atoms with Crippen LogP contribution in [0.4, 0.5) is 0 Å². The van der Waals surface area contributed by atoms with Crippen LogP contribution in [0, 0.1) is 5.92 Å². The van der Waals surface area contributed by atoms with E-state index in [4.69, 9.17) is 0 Å². The summed E-state index contributed by atoms with van der Waals surface area (Å²) in [6, 6.07) is 1.58. The molecular formula is C16H32N2.